The first-order valence-corrected chi connectivity index (χ1v) is 7.90. The number of carbonyl (C=O) groups excluding carboxylic acids is 1. The summed E-state index contributed by atoms with van der Waals surface area (Å²) in [6.07, 6.45) is 14.1. The van der Waals surface area contributed by atoms with E-state index in [2.05, 4.69) is 13.8 Å². The molecular formula is C16H31KO2. The number of carboxylic acids is 1. The summed E-state index contributed by atoms with van der Waals surface area (Å²) in [5.41, 5.74) is 0. The van der Waals surface area contributed by atoms with Crippen molar-refractivity contribution in [1.82, 2.24) is 0 Å². The van der Waals surface area contributed by atoms with Crippen molar-refractivity contribution >= 4 is 5.97 Å². The molecule has 0 aromatic heterocycles. The smallest absolute Gasteiger partial charge is 0.550 e. The van der Waals surface area contributed by atoms with Crippen LogP contribution in [-0.2, 0) is 4.79 Å². The van der Waals surface area contributed by atoms with E-state index in [1.54, 1.807) is 0 Å². The standard InChI is InChI=1S/C16H32O2.K/c1-3-5-6-7-8-9-10-11-12-15(4-2)13-14-16(17)18;/h15H,3-14H2,1-2H3,(H,17,18);/q;+1/p-1. The van der Waals surface area contributed by atoms with E-state index in [0.717, 1.165) is 12.8 Å². The molecule has 0 aliphatic heterocycles. The molecule has 0 N–H and O–H groups in total. The van der Waals surface area contributed by atoms with Gasteiger partial charge in [-0.3, -0.25) is 0 Å². The van der Waals surface area contributed by atoms with E-state index >= 15 is 0 Å². The van der Waals surface area contributed by atoms with Crippen LogP contribution >= 0.6 is 0 Å². The van der Waals surface area contributed by atoms with Gasteiger partial charge in [0, 0.05) is 5.97 Å². The molecule has 108 valence electrons. The van der Waals surface area contributed by atoms with E-state index in [4.69, 9.17) is 0 Å². The Morgan fingerprint density at radius 1 is 0.895 bits per heavy atom. The second kappa shape index (κ2) is 17.2. The molecule has 2 nitrogen and oxygen atoms in total. The van der Waals surface area contributed by atoms with Crippen molar-refractivity contribution in [1.29, 1.82) is 0 Å². The van der Waals surface area contributed by atoms with Gasteiger partial charge in [0.05, 0.1) is 0 Å². The predicted molar refractivity (Wildman–Crippen MR) is 75.2 cm³/mol. The van der Waals surface area contributed by atoms with E-state index < -0.39 is 5.97 Å². The SMILES string of the molecule is CCCCCCCCCCC(CC)CCC(=O)[O-].[K+]. The number of hydrogen-bond donors (Lipinski definition) is 0. The summed E-state index contributed by atoms with van der Waals surface area (Å²) in [6.45, 7) is 4.40. The fraction of sp³-hybridized carbons (Fsp3) is 0.938. The second-order valence-electron chi connectivity index (χ2n) is 5.45. The summed E-state index contributed by atoms with van der Waals surface area (Å²) in [5.74, 6) is -0.313. The third-order valence-corrected chi connectivity index (χ3v) is 3.80. The van der Waals surface area contributed by atoms with Crippen molar-refractivity contribution in [3.8, 4) is 0 Å². The largest absolute Gasteiger partial charge is 1.00 e. The molecule has 0 spiro atoms. The molecule has 19 heavy (non-hydrogen) atoms. The maximum atomic E-state index is 10.4. The van der Waals surface area contributed by atoms with Crippen LogP contribution in [0.3, 0.4) is 0 Å². The van der Waals surface area contributed by atoms with Crippen molar-refractivity contribution in [3.05, 3.63) is 0 Å². The van der Waals surface area contributed by atoms with E-state index in [1.807, 2.05) is 0 Å². The molecule has 3 heteroatoms. The van der Waals surface area contributed by atoms with Crippen LogP contribution in [0.2, 0.25) is 0 Å². The summed E-state index contributed by atoms with van der Waals surface area (Å²) < 4.78 is 0. The van der Waals surface area contributed by atoms with Gasteiger partial charge in [-0.25, -0.2) is 0 Å². The zero-order valence-electron chi connectivity index (χ0n) is 13.4. The number of hydrogen-bond acceptors (Lipinski definition) is 2. The van der Waals surface area contributed by atoms with Gasteiger partial charge in [-0.15, -0.1) is 0 Å². The monoisotopic (exact) mass is 294 g/mol. The second-order valence-corrected chi connectivity index (χ2v) is 5.45. The van der Waals surface area contributed by atoms with Gasteiger partial charge in [0.15, 0.2) is 0 Å². The molecule has 0 rings (SSSR count). The zero-order chi connectivity index (χ0) is 13.6. The molecule has 1 atom stereocenters. The molecule has 0 aliphatic rings. The molecule has 0 aromatic rings. The molecule has 0 amide bonds. The maximum Gasteiger partial charge on any atom is 1.00 e. The number of rotatable bonds is 13. The molecule has 0 aliphatic carbocycles. The summed E-state index contributed by atoms with van der Waals surface area (Å²) in [5, 5.41) is 10.4. The minimum Gasteiger partial charge on any atom is -0.550 e. The molecule has 0 saturated heterocycles. The van der Waals surface area contributed by atoms with Crippen LogP contribution in [-0.4, -0.2) is 5.97 Å². The third-order valence-electron chi connectivity index (χ3n) is 3.80. The molecular weight excluding hydrogens is 263 g/mol. The Kier molecular flexibility index (Phi) is 20.2. The molecule has 0 fully saturated rings. The Morgan fingerprint density at radius 3 is 1.89 bits per heavy atom. The van der Waals surface area contributed by atoms with Crippen LogP contribution in [0, 0.1) is 5.92 Å². The number of unbranched alkanes of at least 4 members (excludes halogenated alkanes) is 7. The van der Waals surface area contributed by atoms with Crippen LogP contribution in [0.1, 0.15) is 90.9 Å². The molecule has 0 saturated carbocycles. The zero-order valence-corrected chi connectivity index (χ0v) is 16.5. The van der Waals surface area contributed by atoms with Gasteiger partial charge >= 0.3 is 51.4 Å². The quantitative estimate of drug-likeness (QED) is 0.377. The van der Waals surface area contributed by atoms with Gasteiger partial charge in [-0.1, -0.05) is 78.1 Å². The van der Waals surface area contributed by atoms with E-state index in [0.29, 0.717) is 5.92 Å². The summed E-state index contributed by atoms with van der Waals surface area (Å²) in [7, 11) is 0. The summed E-state index contributed by atoms with van der Waals surface area (Å²) in [6, 6.07) is 0. The van der Waals surface area contributed by atoms with Crippen molar-refractivity contribution < 1.29 is 61.3 Å². The molecule has 0 heterocycles. The van der Waals surface area contributed by atoms with Crippen LogP contribution in [0.15, 0.2) is 0 Å². The van der Waals surface area contributed by atoms with Crippen molar-refractivity contribution in [3.63, 3.8) is 0 Å². The topological polar surface area (TPSA) is 40.1 Å². The fourth-order valence-corrected chi connectivity index (χ4v) is 2.44. The minimum atomic E-state index is -0.899. The van der Waals surface area contributed by atoms with Gasteiger partial charge in [-0.2, -0.15) is 0 Å². The Morgan fingerprint density at radius 2 is 1.42 bits per heavy atom. The van der Waals surface area contributed by atoms with E-state index in [1.165, 1.54) is 57.8 Å². The molecule has 0 aromatic carbocycles. The first-order chi connectivity index (χ1) is 8.70. The Bertz CT molecular complexity index is 195. The first-order valence-electron chi connectivity index (χ1n) is 7.90. The number of carbonyl (C=O) groups is 1. The Hall–Kier alpha value is 1.11. The van der Waals surface area contributed by atoms with Crippen LogP contribution in [0.4, 0.5) is 0 Å². The van der Waals surface area contributed by atoms with Gasteiger partial charge < -0.3 is 9.90 Å². The average molecular weight is 295 g/mol. The minimum absolute atomic E-state index is 0. The van der Waals surface area contributed by atoms with Crippen LogP contribution < -0.4 is 56.5 Å². The van der Waals surface area contributed by atoms with Crippen LogP contribution in [0.5, 0.6) is 0 Å². The van der Waals surface area contributed by atoms with Crippen LogP contribution in [0.25, 0.3) is 0 Å². The average Bonchev–Trinajstić information content (AvgIpc) is 2.36. The third kappa shape index (κ3) is 17.1. The van der Waals surface area contributed by atoms with Gasteiger partial charge in [0.1, 0.15) is 0 Å². The summed E-state index contributed by atoms with van der Waals surface area (Å²) >= 11 is 0. The van der Waals surface area contributed by atoms with Gasteiger partial charge in [-0.05, 0) is 18.8 Å². The van der Waals surface area contributed by atoms with E-state index in [9.17, 15) is 9.90 Å². The molecule has 0 radical (unpaired) electrons. The predicted octanol–water partition coefficient (Wildman–Crippen LogP) is 1.08. The Balaban J connectivity index is 0. The fourth-order valence-electron chi connectivity index (χ4n) is 2.44. The molecule has 1 unspecified atom stereocenters. The Labute approximate surface area is 162 Å². The van der Waals surface area contributed by atoms with Gasteiger partial charge in [0.25, 0.3) is 0 Å². The van der Waals surface area contributed by atoms with Crippen molar-refractivity contribution in [2.75, 3.05) is 0 Å². The van der Waals surface area contributed by atoms with Crippen molar-refractivity contribution in [2.24, 2.45) is 5.92 Å². The summed E-state index contributed by atoms with van der Waals surface area (Å²) in [4.78, 5) is 10.4. The number of aliphatic carboxylic acids is 1. The van der Waals surface area contributed by atoms with Gasteiger partial charge in [0.2, 0.25) is 0 Å². The molecule has 0 bridgehead atoms. The first kappa shape index (κ1) is 22.4. The number of carboxylic acid groups (broad SMARTS) is 1. The normalized spacial score (nSPS) is 11.9. The maximum absolute atomic E-state index is 10.4. The van der Waals surface area contributed by atoms with Crippen molar-refractivity contribution in [2.45, 2.75) is 90.9 Å². The van der Waals surface area contributed by atoms with E-state index in [-0.39, 0.29) is 57.8 Å².